The fourth-order valence-corrected chi connectivity index (χ4v) is 3.24. The van der Waals surface area contributed by atoms with Crippen LogP contribution in [0.5, 0.6) is 0 Å². The Morgan fingerprint density at radius 2 is 1.60 bits per heavy atom. The van der Waals surface area contributed by atoms with Crippen LogP contribution in [-0.2, 0) is 4.43 Å². The minimum absolute atomic E-state index is 0.268. The summed E-state index contributed by atoms with van der Waals surface area (Å²) in [7, 11) is -2.72. The largest absolute Gasteiger partial charge is 0.413 e. The molecule has 0 fully saturated rings. The number of rotatable bonds is 7. The van der Waals surface area contributed by atoms with Gasteiger partial charge in [-0.2, -0.15) is 0 Å². The zero-order valence-electron chi connectivity index (χ0n) is 15.3. The van der Waals surface area contributed by atoms with Gasteiger partial charge < -0.3 is 4.43 Å². The van der Waals surface area contributed by atoms with Gasteiger partial charge in [0.2, 0.25) is 0 Å². The summed E-state index contributed by atoms with van der Waals surface area (Å²) in [6.45, 7) is 25.9. The monoisotopic (exact) mass is 312 g/mol. The van der Waals surface area contributed by atoms with Gasteiger partial charge >= 0.3 is 0 Å². The van der Waals surface area contributed by atoms with Crippen LogP contribution in [0.3, 0.4) is 0 Å². The van der Waals surface area contributed by atoms with Crippen molar-refractivity contribution >= 4 is 16.4 Å². The van der Waals surface area contributed by atoms with E-state index in [1.54, 1.807) is 0 Å². The van der Waals surface area contributed by atoms with Gasteiger partial charge in [-0.05, 0) is 36.2 Å². The molecule has 0 aromatic rings. The van der Waals surface area contributed by atoms with Crippen molar-refractivity contribution in [2.45, 2.75) is 77.9 Å². The summed E-state index contributed by atoms with van der Waals surface area (Å²) in [5.41, 5.74) is 2.57. The second kappa shape index (κ2) is 7.23. The maximum atomic E-state index is 6.37. The molecule has 0 aliphatic heterocycles. The predicted molar refractivity (Wildman–Crippen MR) is 98.8 cm³/mol. The summed E-state index contributed by atoms with van der Waals surface area (Å²) in [6, 6.07) is 1.21. The van der Waals surface area contributed by atoms with Crippen LogP contribution in [0.1, 0.15) is 34.1 Å². The third-order valence-corrected chi connectivity index (χ3v) is 10.1. The first-order chi connectivity index (χ1) is 8.80. The average Bonchev–Trinajstić information content (AvgIpc) is 2.25. The van der Waals surface area contributed by atoms with Gasteiger partial charge in [0, 0.05) is 8.07 Å². The molecule has 0 aromatic carbocycles. The normalized spacial score (nSPS) is 14.6. The maximum Gasteiger partial charge on any atom is 0.192 e. The molecule has 0 saturated heterocycles. The highest BCUT2D eigenvalue weighted by atomic mass is 28.4. The Morgan fingerprint density at radius 3 is 1.95 bits per heavy atom. The highest BCUT2D eigenvalue weighted by Gasteiger charge is 2.37. The van der Waals surface area contributed by atoms with E-state index in [1.807, 2.05) is 0 Å². The van der Waals surface area contributed by atoms with Crippen LogP contribution >= 0.6 is 0 Å². The molecule has 0 spiro atoms. The molecular formula is C17H36OSi2. The fraction of sp³-hybridized carbons (Fsp3) is 0.765. The van der Waals surface area contributed by atoms with E-state index in [4.69, 9.17) is 4.43 Å². The molecule has 1 nitrogen and oxygen atoms in total. The molecule has 0 heterocycles. The molecular weight excluding hydrogens is 276 g/mol. The van der Waals surface area contributed by atoms with Crippen molar-refractivity contribution in [3.8, 4) is 0 Å². The van der Waals surface area contributed by atoms with Crippen molar-refractivity contribution in [2.24, 2.45) is 0 Å². The van der Waals surface area contributed by atoms with E-state index in [1.165, 1.54) is 17.2 Å². The third kappa shape index (κ3) is 7.05. The molecule has 0 atom stereocenters. The minimum Gasteiger partial charge on any atom is -0.413 e. The molecule has 0 aliphatic rings. The zero-order valence-corrected chi connectivity index (χ0v) is 17.3. The molecule has 0 saturated carbocycles. The third-order valence-electron chi connectivity index (χ3n) is 4.24. The van der Waals surface area contributed by atoms with E-state index >= 15 is 0 Å². The lowest BCUT2D eigenvalue weighted by atomic mass is 10.1. The Kier molecular flexibility index (Phi) is 7.19. The Morgan fingerprint density at radius 1 is 1.10 bits per heavy atom. The van der Waals surface area contributed by atoms with Gasteiger partial charge in [0.25, 0.3) is 0 Å². The molecule has 0 aromatic heterocycles. The van der Waals surface area contributed by atoms with Crippen LogP contribution < -0.4 is 0 Å². The van der Waals surface area contributed by atoms with Crippen LogP contribution in [0.4, 0.5) is 0 Å². The standard InChI is InChI=1S/C17H36OSi2/c1-11-15(2)16(12-13-19(6,7)8)14-18-20(9,10)17(3,4)5/h12H,2,11,13-14H2,1,3-10H3/b16-12-. The van der Waals surface area contributed by atoms with Crippen molar-refractivity contribution < 1.29 is 4.43 Å². The Balaban J connectivity index is 4.90. The van der Waals surface area contributed by atoms with Gasteiger partial charge in [0.15, 0.2) is 8.32 Å². The molecule has 0 unspecified atom stereocenters. The van der Waals surface area contributed by atoms with Gasteiger partial charge in [0.1, 0.15) is 0 Å². The van der Waals surface area contributed by atoms with Gasteiger partial charge in [0.05, 0.1) is 6.61 Å². The first kappa shape index (κ1) is 19.9. The number of allylic oxidation sites excluding steroid dienone is 1. The first-order valence-corrected chi connectivity index (χ1v) is 14.4. The van der Waals surface area contributed by atoms with Gasteiger partial charge in [-0.3, -0.25) is 0 Å². The minimum atomic E-state index is -1.67. The topological polar surface area (TPSA) is 9.23 Å². The van der Waals surface area contributed by atoms with E-state index in [-0.39, 0.29) is 5.04 Å². The van der Waals surface area contributed by atoms with Crippen LogP contribution in [0.2, 0.25) is 43.8 Å². The van der Waals surface area contributed by atoms with E-state index < -0.39 is 16.4 Å². The van der Waals surface area contributed by atoms with E-state index in [0.717, 1.165) is 13.0 Å². The lowest BCUT2D eigenvalue weighted by Gasteiger charge is -2.36. The average molecular weight is 313 g/mol. The SMILES string of the molecule is C=C(CC)/C(=C\C[Si](C)(C)C)CO[Si](C)(C)C(C)(C)C. The lowest BCUT2D eigenvalue weighted by Crippen LogP contribution is -2.41. The quantitative estimate of drug-likeness (QED) is 0.399. The van der Waals surface area contributed by atoms with Crippen molar-refractivity contribution in [2.75, 3.05) is 6.61 Å². The Hall–Kier alpha value is -0.126. The first-order valence-electron chi connectivity index (χ1n) is 7.81. The smallest absolute Gasteiger partial charge is 0.192 e. The fourth-order valence-electron chi connectivity index (χ4n) is 1.44. The predicted octanol–water partition coefficient (Wildman–Crippen LogP) is 6.24. The maximum absolute atomic E-state index is 6.37. The summed E-state index contributed by atoms with van der Waals surface area (Å²) in [5, 5.41) is 0.268. The van der Waals surface area contributed by atoms with Crippen LogP contribution in [-0.4, -0.2) is 23.0 Å². The summed E-state index contributed by atoms with van der Waals surface area (Å²) in [6.07, 6.45) is 3.41. The van der Waals surface area contributed by atoms with Gasteiger partial charge in [-0.15, -0.1) is 0 Å². The molecule has 0 bridgehead atoms. The summed E-state index contributed by atoms with van der Waals surface area (Å²) in [4.78, 5) is 0. The van der Waals surface area contributed by atoms with Crippen molar-refractivity contribution in [1.82, 2.24) is 0 Å². The molecule has 0 aliphatic carbocycles. The highest BCUT2D eigenvalue weighted by molar-refractivity contribution is 6.76. The Bertz CT molecular complexity index is 354. The van der Waals surface area contributed by atoms with Gasteiger partial charge in [-0.25, -0.2) is 0 Å². The molecule has 0 rings (SSSR count). The van der Waals surface area contributed by atoms with Crippen molar-refractivity contribution in [1.29, 1.82) is 0 Å². The number of hydrogen-bond acceptors (Lipinski definition) is 1. The summed E-state index contributed by atoms with van der Waals surface area (Å²) in [5.74, 6) is 0. The second-order valence-corrected chi connectivity index (χ2v) is 18.8. The van der Waals surface area contributed by atoms with Gasteiger partial charge in [-0.1, -0.05) is 65.6 Å². The van der Waals surface area contributed by atoms with Crippen molar-refractivity contribution in [3.05, 3.63) is 23.8 Å². The van der Waals surface area contributed by atoms with Crippen molar-refractivity contribution in [3.63, 3.8) is 0 Å². The second-order valence-electron chi connectivity index (χ2n) is 8.50. The summed E-state index contributed by atoms with van der Waals surface area (Å²) >= 11 is 0. The Labute approximate surface area is 129 Å². The zero-order chi connectivity index (χ0) is 16.2. The highest BCUT2D eigenvalue weighted by Crippen LogP contribution is 2.37. The molecule has 20 heavy (non-hydrogen) atoms. The molecule has 118 valence electrons. The number of hydrogen-bond donors (Lipinski definition) is 0. The molecule has 3 heteroatoms. The molecule has 0 N–H and O–H groups in total. The van der Waals surface area contributed by atoms with E-state index in [2.05, 4.69) is 73.1 Å². The molecule has 0 amide bonds. The van der Waals surface area contributed by atoms with Crippen LogP contribution in [0.25, 0.3) is 0 Å². The lowest BCUT2D eigenvalue weighted by molar-refractivity contribution is 0.320. The molecule has 0 radical (unpaired) electrons. The van der Waals surface area contributed by atoms with E-state index in [9.17, 15) is 0 Å². The van der Waals surface area contributed by atoms with E-state index in [0.29, 0.717) is 0 Å². The summed E-state index contributed by atoms with van der Waals surface area (Å²) < 4.78 is 6.37. The van der Waals surface area contributed by atoms with Crippen LogP contribution in [0.15, 0.2) is 23.8 Å². The van der Waals surface area contributed by atoms with Crippen LogP contribution in [0, 0.1) is 0 Å².